The Hall–Kier alpha value is -0.970. The van der Waals surface area contributed by atoms with Gasteiger partial charge in [0.25, 0.3) is 0 Å². The molecular weight excluding hydrogens is 345 g/mol. The Kier molecular flexibility index (Phi) is 5.36. The first-order chi connectivity index (χ1) is 9.90. The summed E-state index contributed by atoms with van der Waals surface area (Å²) in [5.74, 6) is -0.145. The van der Waals surface area contributed by atoms with Crippen LogP contribution in [0.15, 0.2) is 28.7 Å². The molecule has 1 saturated carbocycles. The van der Waals surface area contributed by atoms with Gasteiger partial charge in [0.1, 0.15) is 5.75 Å². The Morgan fingerprint density at radius 3 is 2.43 bits per heavy atom. The molecule has 0 spiro atoms. The van der Waals surface area contributed by atoms with Gasteiger partial charge in [-0.2, -0.15) is 13.2 Å². The first-order valence-corrected chi connectivity index (χ1v) is 7.78. The van der Waals surface area contributed by atoms with Crippen molar-refractivity contribution in [1.29, 1.82) is 0 Å². The molecular formula is C16H18BrF3O. The summed E-state index contributed by atoms with van der Waals surface area (Å²) in [6.45, 7) is 0. The Bertz CT molecular complexity index is 503. The number of hydrogen-bond acceptors (Lipinski definition) is 1. The third-order valence-corrected chi connectivity index (χ3v) is 4.47. The van der Waals surface area contributed by atoms with E-state index in [1.165, 1.54) is 0 Å². The normalized spacial score (nSPS) is 23.5. The van der Waals surface area contributed by atoms with E-state index in [0.717, 1.165) is 15.8 Å². The number of ether oxygens (including phenoxy) is 1. The number of hydrogen-bond donors (Lipinski definition) is 0. The number of halogens is 4. The Labute approximate surface area is 131 Å². The van der Waals surface area contributed by atoms with E-state index < -0.39 is 12.1 Å². The molecule has 0 unspecified atom stereocenters. The molecule has 0 aliphatic heterocycles. The minimum Gasteiger partial charge on any atom is -0.496 e. The number of rotatable bonds is 3. The molecule has 0 N–H and O–H groups in total. The van der Waals surface area contributed by atoms with Gasteiger partial charge in [0.2, 0.25) is 0 Å². The van der Waals surface area contributed by atoms with Crippen molar-refractivity contribution in [3.63, 3.8) is 0 Å². The molecule has 1 aromatic rings. The molecule has 0 bridgehead atoms. The minimum atomic E-state index is -4.04. The highest BCUT2D eigenvalue weighted by Gasteiger charge is 2.40. The molecule has 0 amide bonds. The van der Waals surface area contributed by atoms with Crippen LogP contribution in [0.2, 0.25) is 0 Å². The Morgan fingerprint density at radius 1 is 1.19 bits per heavy atom. The zero-order valence-electron chi connectivity index (χ0n) is 11.8. The van der Waals surface area contributed by atoms with E-state index in [2.05, 4.69) is 15.9 Å². The lowest BCUT2D eigenvalue weighted by Gasteiger charge is -2.28. The maximum Gasteiger partial charge on any atom is 0.391 e. The number of alkyl halides is 3. The second kappa shape index (κ2) is 6.86. The van der Waals surface area contributed by atoms with Crippen molar-refractivity contribution in [2.75, 3.05) is 7.11 Å². The van der Waals surface area contributed by atoms with Crippen LogP contribution in [0.5, 0.6) is 5.75 Å². The predicted octanol–water partition coefficient (Wildman–Crippen LogP) is 5.84. The molecule has 1 aliphatic carbocycles. The highest BCUT2D eigenvalue weighted by Crippen LogP contribution is 2.40. The molecule has 2 rings (SSSR count). The van der Waals surface area contributed by atoms with Crippen molar-refractivity contribution in [3.05, 3.63) is 34.3 Å². The molecule has 116 valence electrons. The van der Waals surface area contributed by atoms with Crippen LogP contribution < -0.4 is 4.74 Å². The van der Waals surface area contributed by atoms with Crippen molar-refractivity contribution >= 4 is 22.0 Å². The van der Waals surface area contributed by atoms with Gasteiger partial charge in [-0.15, -0.1) is 0 Å². The van der Waals surface area contributed by atoms with Gasteiger partial charge in [-0.3, -0.25) is 0 Å². The number of benzene rings is 1. The average Bonchev–Trinajstić information content (AvgIpc) is 2.45. The Morgan fingerprint density at radius 2 is 1.86 bits per heavy atom. The van der Waals surface area contributed by atoms with Crippen LogP contribution in [-0.2, 0) is 0 Å². The molecule has 1 aromatic carbocycles. The molecule has 1 aliphatic rings. The van der Waals surface area contributed by atoms with Crippen LogP contribution in [-0.4, -0.2) is 13.3 Å². The Balaban J connectivity index is 1.99. The van der Waals surface area contributed by atoms with Crippen molar-refractivity contribution < 1.29 is 17.9 Å². The second-order valence-corrected chi connectivity index (χ2v) is 6.31. The molecule has 1 nitrogen and oxygen atoms in total. The van der Waals surface area contributed by atoms with Gasteiger partial charge < -0.3 is 4.74 Å². The summed E-state index contributed by atoms with van der Waals surface area (Å²) in [7, 11) is 1.61. The van der Waals surface area contributed by atoms with Crippen molar-refractivity contribution in [1.82, 2.24) is 0 Å². The van der Waals surface area contributed by atoms with E-state index in [-0.39, 0.29) is 18.8 Å². The summed E-state index contributed by atoms with van der Waals surface area (Å²) < 4.78 is 44.1. The third kappa shape index (κ3) is 4.50. The van der Waals surface area contributed by atoms with E-state index in [1.807, 2.05) is 30.4 Å². The largest absolute Gasteiger partial charge is 0.496 e. The highest BCUT2D eigenvalue weighted by molar-refractivity contribution is 9.10. The monoisotopic (exact) mass is 362 g/mol. The van der Waals surface area contributed by atoms with Gasteiger partial charge in [-0.1, -0.05) is 28.1 Å². The van der Waals surface area contributed by atoms with E-state index in [0.29, 0.717) is 12.8 Å². The van der Waals surface area contributed by atoms with E-state index >= 15 is 0 Å². The van der Waals surface area contributed by atoms with Gasteiger partial charge in [0, 0.05) is 10.0 Å². The van der Waals surface area contributed by atoms with Crippen LogP contribution in [0.25, 0.3) is 6.08 Å². The summed E-state index contributed by atoms with van der Waals surface area (Å²) in [5, 5.41) is 0. The summed E-state index contributed by atoms with van der Waals surface area (Å²) in [6, 6.07) is 5.70. The first kappa shape index (κ1) is 16.4. The van der Waals surface area contributed by atoms with Gasteiger partial charge in [0.05, 0.1) is 13.0 Å². The maximum atomic E-state index is 12.6. The molecule has 0 aromatic heterocycles. The average molecular weight is 363 g/mol. The zero-order valence-corrected chi connectivity index (χ0v) is 13.4. The molecule has 0 atom stereocenters. The third-order valence-electron chi connectivity index (χ3n) is 3.97. The fourth-order valence-electron chi connectivity index (χ4n) is 2.71. The van der Waals surface area contributed by atoms with E-state index in [9.17, 15) is 13.2 Å². The highest BCUT2D eigenvalue weighted by atomic mass is 79.9. The first-order valence-electron chi connectivity index (χ1n) is 6.98. The number of allylic oxidation sites excluding steroid dienone is 1. The van der Waals surface area contributed by atoms with Crippen LogP contribution in [0.3, 0.4) is 0 Å². The molecule has 0 radical (unpaired) electrons. The predicted molar refractivity (Wildman–Crippen MR) is 81.2 cm³/mol. The standard InChI is InChI=1S/C16H18BrF3O/c1-21-15-9-8-14(17)10-12(15)5-2-11-3-6-13(7-4-11)16(18,19)20/h2,5,8-11,13H,3-4,6-7H2,1H3/b5-2+/t11-,13-. The summed E-state index contributed by atoms with van der Waals surface area (Å²) in [6.07, 6.45) is 1.57. The lowest BCUT2D eigenvalue weighted by atomic mass is 9.81. The molecule has 21 heavy (non-hydrogen) atoms. The topological polar surface area (TPSA) is 9.23 Å². The van der Waals surface area contributed by atoms with Gasteiger partial charge in [-0.25, -0.2) is 0 Å². The van der Waals surface area contributed by atoms with Gasteiger partial charge in [-0.05, 0) is 49.8 Å². The van der Waals surface area contributed by atoms with Crippen LogP contribution in [0.1, 0.15) is 31.2 Å². The summed E-state index contributed by atoms with van der Waals surface area (Å²) in [5.41, 5.74) is 0.935. The lowest BCUT2D eigenvalue weighted by Crippen LogP contribution is -2.27. The van der Waals surface area contributed by atoms with E-state index in [4.69, 9.17) is 4.74 Å². The summed E-state index contributed by atoms with van der Waals surface area (Å²) >= 11 is 3.41. The van der Waals surface area contributed by atoms with E-state index in [1.54, 1.807) is 7.11 Å². The van der Waals surface area contributed by atoms with Gasteiger partial charge >= 0.3 is 6.18 Å². The van der Waals surface area contributed by atoms with Crippen molar-refractivity contribution in [2.24, 2.45) is 11.8 Å². The second-order valence-electron chi connectivity index (χ2n) is 5.40. The zero-order chi connectivity index (χ0) is 15.5. The molecule has 1 fully saturated rings. The fourth-order valence-corrected chi connectivity index (χ4v) is 3.09. The maximum absolute atomic E-state index is 12.6. The van der Waals surface area contributed by atoms with Crippen molar-refractivity contribution in [2.45, 2.75) is 31.9 Å². The number of methoxy groups -OCH3 is 1. The van der Waals surface area contributed by atoms with Crippen LogP contribution in [0, 0.1) is 11.8 Å². The van der Waals surface area contributed by atoms with Crippen LogP contribution in [0.4, 0.5) is 13.2 Å². The SMILES string of the molecule is COc1ccc(Br)cc1/C=C/[C@H]1CC[C@H](C(F)(F)F)CC1. The molecule has 0 heterocycles. The quantitative estimate of drug-likeness (QED) is 0.656. The van der Waals surface area contributed by atoms with Crippen LogP contribution >= 0.6 is 15.9 Å². The minimum absolute atomic E-state index is 0.215. The molecule has 5 heteroatoms. The lowest BCUT2D eigenvalue weighted by molar-refractivity contribution is -0.183. The van der Waals surface area contributed by atoms with Crippen molar-refractivity contribution in [3.8, 4) is 5.75 Å². The fraction of sp³-hybridized carbons (Fsp3) is 0.500. The summed E-state index contributed by atoms with van der Waals surface area (Å²) in [4.78, 5) is 0. The smallest absolute Gasteiger partial charge is 0.391 e. The van der Waals surface area contributed by atoms with Gasteiger partial charge in [0.15, 0.2) is 0 Å². The molecule has 0 saturated heterocycles.